The summed E-state index contributed by atoms with van der Waals surface area (Å²) < 4.78 is 2.00. The molecular formula is C9H12N2O. The predicted molar refractivity (Wildman–Crippen MR) is 45.1 cm³/mol. The van der Waals surface area contributed by atoms with Crippen molar-refractivity contribution in [2.75, 3.05) is 0 Å². The number of aldehydes is 1. The van der Waals surface area contributed by atoms with Crippen LogP contribution in [0.15, 0.2) is 12.5 Å². The van der Waals surface area contributed by atoms with Gasteiger partial charge in [0.25, 0.3) is 0 Å². The summed E-state index contributed by atoms with van der Waals surface area (Å²) in [6.45, 7) is 0. The van der Waals surface area contributed by atoms with Gasteiger partial charge in [0.1, 0.15) is 5.69 Å². The molecular weight excluding hydrogens is 152 g/mol. The van der Waals surface area contributed by atoms with Crippen LogP contribution >= 0.6 is 0 Å². The van der Waals surface area contributed by atoms with Gasteiger partial charge in [-0.2, -0.15) is 0 Å². The maximum absolute atomic E-state index is 10.6. The first-order valence-corrected chi connectivity index (χ1v) is 4.39. The summed E-state index contributed by atoms with van der Waals surface area (Å²) in [4.78, 5) is 14.6. The molecule has 64 valence electrons. The lowest BCUT2D eigenvalue weighted by Gasteiger charge is -2.11. The Kier molecular flexibility index (Phi) is 1.94. The molecule has 3 nitrogen and oxygen atoms in total. The largest absolute Gasteiger partial charge is 0.325 e. The Balaban J connectivity index is 2.25. The molecule has 3 heteroatoms. The summed E-state index contributed by atoms with van der Waals surface area (Å²) in [5.41, 5.74) is 0.710. The summed E-state index contributed by atoms with van der Waals surface area (Å²) >= 11 is 0. The summed E-state index contributed by atoms with van der Waals surface area (Å²) in [7, 11) is 0. The van der Waals surface area contributed by atoms with Crippen molar-refractivity contribution < 1.29 is 4.79 Å². The van der Waals surface area contributed by atoms with E-state index in [0.717, 1.165) is 6.29 Å². The number of imidazole rings is 1. The minimum atomic E-state index is 0.521. The predicted octanol–water partition coefficient (Wildman–Crippen LogP) is 1.81. The van der Waals surface area contributed by atoms with E-state index in [9.17, 15) is 4.79 Å². The average molecular weight is 164 g/mol. The van der Waals surface area contributed by atoms with Gasteiger partial charge in [-0.1, -0.05) is 12.8 Å². The maximum Gasteiger partial charge on any atom is 0.168 e. The zero-order valence-corrected chi connectivity index (χ0v) is 6.94. The summed E-state index contributed by atoms with van der Waals surface area (Å²) in [6.07, 6.45) is 9.22. The van der Waals surface area contributed by atoms with Crippen molar-refractivity contribution in [2.24, 2.45) is 0 Å². The molecule has 12 heavy (non-hydrogen) atoms. The van der Waals surface area contributed by atoms with Crippen LogP contribution in [0.4, 0.5) is 0 Å². The van der Waals surface area contributed by atoms with Gasteiger partial charge in [0.2, 0.25) is 0 Å². The van der Waals surface area contributed by atoms with Crippen LogP contribution < -0.4 is 0 Å². The smallest absolute Gasteiger partial charge is 0.168 e. The van der Waals surface area contributed by atoms with Gasteiger partial charge in [0, 0.05) is 6.04 Å². The van der Waals surface area contributed by atoms with Crippen molar-refractivity contribution in [3.8, 4) is 0 Å². The molecule has 0 amide bonds. The summed E-state index contributed by atoms with van der Waals surface area (Å²) in [5, 5.41) is 0. The van der Waals surface area contributed by atoms with E-state index in [0.29, 0.717) is 11.7 Å². The highest BCUT2D eigenvalue weighted by Gasteiger charge is 2.18. The van der Waals surface area contributed by atoms with Crippen molar-refractivity contribution in [1.29, 1.82) is 0 Å². The molecule has 0 aliphatic heterocycles. The number of rotatable bonds is 2. The van der Waals surface area contributed by atoms with Crippen molar-refractivity contribution in [2.45, 2.75) is 31.7 Å². The van der Waals surface area contributed by atoms with Crippen LogP contribution in [0.5, 0.6) is 0 Å². The monoisotopic (exact) mass is 164 g/mol. The number of hydrogen-bond acceptors (Lipinski definition) is 2. The second-order valence-corrected chi connectivity index (χ2v) is 3.28. The van der Waals surface area contributed by atoms with Gasteiger partial charge in [-0.15, -0.1) is 0 Å². The van der Waals surface area contributed by atoms with E-state index in [1.54, 1.807) is 12.5 Å². The molecule has 0 spiro atoms. The number of nitrogens with zero attached hydrogens (tertiary/aromatic N) is 2. The summed E-state index contributed by atoms with van der Waals surface area (Å²) in [6, 6.07) is 0.521. The highest BCUT2D eigenvalue weighted by atomic mass is 16.1. The van der Waals surface area contributed by atoms with Gasteiger partial charge in [-0.25, -0.2) is 4.98 Å². The molecule has 1 saturated carbocycles. The van der Waals surface area contributed by atoms with E-state index in [1.807, 2.05) is 4.57 Å². The van der Waals surface area contributed by atoms with Crippen molar-refractivity contribution in [3.05, 3.63) is 18.2 Å². The van der Waals surface area contributed by atoms with Crippen LogP contribution in [0, 0.1) is 0 Å². The maximum atomic E-state index is 10.6. The lowest BCUT2D eigenvalue weighted by molar-refractivity contribution is 0.111. The normalized spacial score (nSPS) is 18.3. The third-order valence-corrected chi connectivity index (χ3v) is 2.53. The zero-order chi connectivity index (χ0) is 8.39. The number of carbonyl (C=O) groups excluding carboxylic acids is 1. The van der Waals surface area contributed by atoms with E-state index in [1.165, 1.54) is 25.7 Å². The molecule has 1 fully saturated rings. The topological polar surface area (TPSA) is 34.9 Å². The first kappa shape index (κ1) is 7.53. The fourth-order valence-electron chi connectivity index (χ4n) is 1.89. The van der Waals surface area contributed by atoms with Gasteiger partial charge in [-0.3, -0.25) is 4.79 Å². The molecule has 1 aromatic heterocycles. The minimum absolute atomic E-state index is 0.521. The Morgan fingerprint density at radius 3 is 2.92 bits per heavy atom. The number of carbonyl (C=O) groups is 1. The van der Waals surface area contributed by atoms with E-state index in [2.05, 4.69) is 4.98 Å². The minimum Gasteiger partial charge on any atom is -0.325 e. The Bertz CT molecular complexity index is 274. The molecule has 0 radical (unpaired) electrons. The van der Waals surface area contributed by atoms with Crippen molar-refractivity contribution >= 4 is 6.29 Å². The lowest BCUT2D eigenvalue weighted by atomic mass is 10.2. The third-order valence-electron chi connectivity index (χ3n) is 2.53. The fourth-order valence-corrected chi connectivity index (χ4v) is 1.89. The van der Waals surface area contributed by atoms with Crippen LogP contribution in [0.3, 0.4) is 0 Å². The van der Waals surface area contributed by atoms with Crippen LogP contribution in [-0.2, 0) is 0 Å². The fraction of sp³-hybridized carbons (Fsp3) is 0.556. The summed E-state index contributed by atoms with van der Waals surface area (Å²) in [5.74, 6) is 0. The second-order valence-electron chi connectivity index (χ2n) is 3.28. The van der Waals surface area contributed by atoms with Crippen LogP contribution in [-0.4, -0.2) is 15.8 Å². The Labute approximate surface area is 71.4 Å². The number of aromatic nitrogens is 2. The standard InChI is InChI=1S/C9H12N2O/c12-6-9-5-10-7-11(9)8-3-1-2-4-8/h5-8H,1-4H2. The van der Waals surface area contributed by atoms with Crippen molar-refractivity contribution in [1.82, 2.24) is 9.55 Å². The molecule has 2 rings (SSSR count). The third kappa shape index (κ3) is 1.15. The van der Waals surface area contributed by atoms with Gasteiger partial charge in [0.05, 0.1) is 12.5 Å². The van der Waals surface area contributed by atoms with E-state index >= 15 is 0 Å². The Hall–Kier alpha value is -1.12. The highest BCUT2D eigenvalue weighted by Crippen LogP contribution is 2.29. The van der Waals surface area contributed by atoms with E-state index in [4.69, 9.17) is 0 Å². The molecule has 1 aliphatic rings. The zero-order valence-electron chi connectivity index (χ0n) is 6.94. The molecule has 0 saturated heterocycles. The highest BCUT2D eigenvalue weighted by molar-refractivity contribution is 5.71. The molecule has 0 atom stereocenters. The Morgan fingerprint density at radius 2 is 2.25 bits per heavy atom. The molecule has 1 aliphatic carbocycles. The van der Waals surface area contributed by atoms with E-state index in [-0.39, 0.29) is 0 Å². The molecule has 0 unspecified atom stereocenters. The van der Waals surface area contributed by atoms with Gasteiger partial charge in [0.15, 0.2) is 6.29 Å². The van der Waals surface area contributed by atoms with Crippen LogP contribution in [0.2, 0.25) is 0 Å². The van der Waals surface area contributed by atoms with Crippen LogP contribution in [0.1, 0.15) is 42.2 Å². The molecule has 0 aromatic carbocycles. The first-order valence-electron chi connectivity index (χ1n) is 4.39. The van der Waals surface area contributed by atoms with Gasteiger partial charge in [-0.05, 0) is 12.8 Å². The second kappa shape index (κ2) is 3.09. The first-order chi connectivity index (χ1) is 5.92. The molecule has 0 bridgehead atoms. The van der Waals surface area contributed by atoms with Gasteiger partial charge < -0.3 is 4.57 Å². The molecule has 1 aromatic rings. The number of hydrogen-bond donors (Lipinski definition) is 0. The SMILES string of the molecule is O=Cc1cncn1C1CCCC1. The van der Waals surface area contributed by atoms with Gasteiger partial charge >= 0.3 is 0 Å². The Morgan fingerprint density at radius 1 is 1.50 bits per heavy atom. The lowest BCUT2D eigenvalue weighted by Crippen LogP contribution is -2.06. The molecule has 1 heterocycles. The van der Waals surface area contributed by atoms with E-state index < -0.39 is 0 Å². The molecule has 0 N–H and O–H groups in total. The van der Waals surface area contributed by atoms with Crippen LogP contribution in [0.25, 0.3) is 0 Å². The average Bonchev–Trinajstić information content (AvgIpc) is 2.74. The quantitative estimate of drug-likeness (QED) is 0.625. The van der Waals surface area contributed by atoms with Crippen molar-refractivity contribution in [3.63, 3.8) is 0 Å².